The van der Waals surface area contributed by atoms with Crippen molar-refractivity contribution in [3.8, 4) is 0 Å². The summed E-state index contributed by atoms with van der Waals surface area (Å²) in [6.45, 7) is 2.36. The van der Waals surface area contributed by atoms with Gasteiger partial charge in [0.25, 0.3) is 0 Å². The van der Waals surface area contributed by atoms with E-state index < -0.39 is 15.8 Å². The van der Waals surface area contributed by atoms with Gasteiger partial charge in [0.2, 0.25) is 10.0 Å². The summed E-state index contributed by atoms with van der Waals surface area (Å²) in [6, 6.07) is 3.34. The summed E-state index contributed by atoms with van der Waals surface area (Å²) >= 11 is 0. The summed E-state index contributed by atoms with van der Waals surface area (Å²) in [4.78, 5) is -0.385. The van der Waals surface area contributed by atoms with E-state index in [1.165, 1.54) is 16.4 Å². The molecule has 0 aromatic heterocycles. The molecular formula is C13H18FNO4S. The normalized spacial score (nSPS) is 21.1. The predicted molar refractivity (Wildman–Crippen MR) is 71.1 cm³/mol. The first kappa shape index (κ1) is 15.4. The van der Waals surface area contributed by atoms with Crippen LogP contribution in [0.3, 0.4) is 0 Å². The number of aliphatic hydroxyl groups excluding tert-OH is 1. The topological polar surface area (TPSA) is 66.8 Å². The van der Waals surface area contributed by atoms with Gasteiger partial charge in [-0.25, -0.2) is 12.8 Å². The predicted octanol–water partition coefficient (Wildman–Crippen LogP) is 1.12. The number of hydrogen-bond acceptors (Lipinski definition) is 4. The van der Waals surface area contributed by atoms with E-state index in [1.54, 1.807) is 0 Å². The molecule has 112 valence electrons. The first-order chi connectivity index (χ1) is 9.50. The Bertz CT molecular complexity index is 576. The number of nitrogens with zero attached hydrogens (tertiary/aromatic N) is 1. The van der Waals surface area contributed by atoms with Gasteiger partial charge in [0.05, 0.1) is 19.8 Å². The van der Waals surface area contributed by atoms with Gasteiger partial charge in [-0.15, -0.1) is 0 Å². The molecule has 1 N–H and O–H groups in total. The zero-order valence-corrected chi connectivity index (χ0v) is 12.1. The molecule has 1 unspecified atom stereocenters. The van der Waals surface area contributed by atoms with Gasteiger partial charge in [-0.3, -0.25) is 0 Å². The number of benzene rings is 1. The number of rotatable bonds is 4. The van der Waals surface area contributed by atoms with Gasteiger partial charge in [-0.2, -0.15) is 4.31 Å². The highest BCUT2D eigenvalue weighted by molar-refractivity contribution is 7.89. The van der Waals surface area contributed by atoms with Crippen molar-refractivity contribution in [1.82, 2.24) is 4.31 Å². The first-order valence-electron chi connectivity index (χ1n) is 6.49. The fourth-order valence-corrected chi connectivity index (χ4v) is 4.03. The Kier molecular flexibility index (Phi) is 4.74. The molecule has 0 saturated carbocycles. The molecular weight excluding hydrogens is 285 g/mol. The molecule has 1 aromatic carbocycles. The Morgan fingerprint density at radius 1 is 1.50 bits per heavy atom. The monoisotopic (exact) mass is 303 g/mol. The van der Waals surface area contributed by atoms with E-state index in [1.807, 2.05) is 6.92 Å². The molecule has 0 aliphatic carbocycles. The molecule has 0 spiro atoms. The van der Waals surface area contributed by atoms with Crippen LogP contribution in [0.1, 0.15) is 18.9 Å². The molecule has 1 aromatic rings. The van der Waals surface area contributed by atoms with Crippen molar-refractivity contribution in [1.29, 1.82) is 0 Å². The van der Waals surface area contributed by atoms with E-state index >= 15 is 0 Å². The van der Waals surface area contributed by atoms with Crippen molar-refractivity contribution in [3.05, 3.63) is 29.6 Å². The summed E-state index contributed by atoms with van der Waals surface area (Å²) in [6.07, 6.45) is 0.598. The number of halogens is 1. The number of ether oxygens (including phenoxy) is 1. The van der Waals surface area contributed by atoms with Crippen LogP contribution >= 0.6 is 0 Å². The van der Waals surface area contributed by atoms with Gasteiger partial charge in [-0.1, -0.05) is 13.0 Å². The molecule has 0 amide bonds. The Morgan fingerprint density at radius 3 is 2.90 bits per heavy atom. The van der Waals surface area contributed by atoms with Gasteiger partial charge in [-0.05, 0) is 24.1 Å². The Labute approximate surface area is 118 Å². The molecule has 1 fully saturated rings. The third kappa shape index (κ3) is 2.85. The maximum absolute atomic E-state index is 13.9. The molecule has 1 saturated heterocycles. The van der Waals surface area contributed by atoms with Gasteiger partial charge in [0.15, 0.2) is 0 Å². The Balaban J connectivity index is 2.43. The van der Waals surface area contributed by atoms with Crippen LogP contribution < -0.4 is 0 Å². The molecule has 1 aliphatic rings. The van der Waals surface area contributed by atoms with Crippen LogP contribution in [0.5, 0.6) is 0 Å². The average Bonchev–Trinajstić information content (AvgIpc) is 2.47. The average molecular weight is 303 g/mol. The lowest BCUT2D eigenvalue weighted by atomic mass is 10.2. The van der Waals surface area contributed by atoms with Crippen LogP contribution in [0.2, 0.25) is 0 Å². The van der Waals surface area contributed by atoms with Crippen molar-refractivity contribution in [3.63, 3.8) is 0 Å². The summed E-state index contributed by atoms with van der Waals surface area (Å²) in [5, 5.41) is 9.08. The number of morpholine rings is 1. The van der Waals surface area contributed by atoms with E-state index in [0.717, 1.165) is 6.07 Å². The van der Waals surface area contributed by atoms with Crippen LogP contribution in [0, 0.1) is 5.82 Å². The molecule has 2 rings (SSSR count). The SMILES string of the molecule is CCC1COCCN1S(=O)(=O)c1cc(CO)ccc1F. The van der Waals surface area contributed by atoms with Crippen LogP contribution in [0.4, 0.5) is 4.39 Å². The Hall–Kier alpha value is -1.02. The fourth-order valence-electron chi connectivity index (χ4n) is 2.25. The lowest BCUT2D eigenvalue weighted by molar-refractivity contribution is 0.0313. The highest BCUT2D eigenvalue weighted by Crippen LogP contribution is 2.25. The van der Waals surface area contributed by atoms with Crippen molar-refractivity contribution in [2.75, 3.05) is 19.8 Å². The Morgan fingerprint density at radius 2 is 2.25 bits per heavy atom. The van der Waals surface area contributed by atoms with E-state index in [9.17, 15) is 12.8 Å². The van der Waals surface area contributed by atoms with E-state index in [-0.39, 0.29) is 24.1 Å². The van der Waals surface area contributed by atoms with Gasteiger partial charge in [0, 0.05) is 12.6 Å². The second-order valence-corrected chi connectivity index (χ2v) is 6.53. The molecule has 1 aliphatic heterocycles. The molecule has 1 atom stereocenters. The molecule has 20 heavy (non-hydrogen) atoms. The lowest BCUT2D eigenvalue weighted by Gasteiger charge is -2.34. The van der Waals surface area contributed by atoms with E-state index in [0.29, 0.717) is 25.2 Å². The highest BCUT2D eigenvalue weighted by atomic mass is 32.2. The maximum atomic E-state index is 13.9. The van der Waals surface area contributed by atoms with Crippen molar-refractivity contribution >= 4 is 10.0 Å². The minimum Gasteiger partial charge on any atom is -0.392 e. The summed E-state index contributed by atoms with van der Waals surface area (Å²) in [7, 11) is -3.92. The molecule has 7 heteroatoms. The molecule has 5 nitrogen and oxygen atoms in total. The number of aliphatic hydroxyl groups is 1. The van der Waals surface area contributed by atoms with Crippen LogP contribution in [0.15, 0.2) is 23.1 Å². The van der Waals surface area contributed by atoms with Crippen LogP contribution in [-0.2, 0) is 21.4 Å². The second-order valence-electron chi connectivity index (χ2n) is 4.68. The quantitative estimate of drug-likeness (QED) is 0.905. The number of hydrogen-bond donors (Lipinski definition) is 1. The zero-order chi connectivity index (χ0) is 14.8. The van der Waals surface area contributed by atoms with Crippen molar-refractivity contribution < 1.29 is 22.7 Å². The maximum Gasteiger partial charge on any atom is 0.246 e. The smallest absolute Gasteiger partial charge is 0.246 e. The third-order valence-corrected chi connectivity index (χ3v) is 5.38. The largest absolute Gasteiger partial charge is 0.392 e. The zero-order valence-electron chi connectivity index (χ0n) is 11.3. The minimum atomic E-state index is -3.92. The number of sulfonamides is 1. The summed E-state index contributed by atoms with van der Waals surface area (Å²) in [5.41, 5.74) is 0.367. The summed E-state index contributed by atoms with van der Waals surface area (Å²) < 4.78 is 45.6. The van der Waals surface area contributed by atoms with E-state index in [4.69, 9.17) is 9.84 Å². The standard InChI is InChI=1S/C13H18FNO4S/c1-2-11-9-19-6-5-15(11)20(17,18)13-7-10(8-16)3-4-12(13)14/h3-4,7,11,16H,2,5-6,8-9H2,1H3. The van der Waals surface area contributed by atoms with Crippen molar-refractivity contribution in [2.45, 2.75) is 30.9 Å². The van der Waals surface area contributed by atoms with Crippen LogP contribution in [-0.4, -0.2) is 43.6 Å². The van der Waals surface area contributed by atoms with Crippen LogP contribution in [0.25, 0.3) is 0 Å². The first-order valence-corrected chi connectivity index (χ1v) is 7.93. The van der Waals surface area contributed by atoms with Gasteiger partial charge >= 0.3 is 0 Å². The fraction of sp³-hybridized carbons (Fsp3) is 0.538. The van der Waals surface area contributed by atoms with Gasteiger partial charge < -0.3 is 9.84 Å². The molecule has 0 bridgehead atoms. The summed E-state index contributed by atoms with van der Waals surface area (Å²) in [5.74, 6) is -0.802. The molecule has 0 radical (unpaired) electrons. The highest BCUT2D eigenvalue weighted by Gasteiger charge is 2.34. The van der Waals surface area contributed by atoms with Crippen molar-refractivity contribution in [2.24, 2.45) is 0 Å². The lowest BCUT2D eigenvalue weighted by Crippen LogP contribution is -2.48. The van der Waals surface area contributed by atoms with Gasteiger partial charge in [0.1, 0.15) is 10.7 Å². The second kappa shape index (κ2) is 6.17. The van der Waals surface area contributed by atoms with E-state index in [2.05, 4.69) is 0 Å². The third-order valence-electron chi connectivity index (χ3n) is 3.41. The molecule has 1 heterocycles. The minimum absolute atomic E-state index is 0.212.